The molecule has 1 aromatic heterocycles. The predicted molar refractivity (Wildman–Crippen MR) is 113 cm³/mol. The molecule has 0 saturated carbocycles. The Morgan fingerprint density at radius 2 is 1.46 bits per heavy atom. The molecule has 0 unspecified atom stereocenters. The van der Waals surface area contributed by atoms with Gasteiger partial charge in [0, 0.05) is 50.4 Å². The van der Waals surface area contributed by atoms with E-state index in [9.17, 15) is 4.79 Å². The van der Waals surface area contributed by atoms with Gasteiger partial charge >= 0.3 is 0 Å². The molecule has 2 aromatic rings. The van der Waals surface area contributed by atoms with Gasteiger partial charge in [0.05, 0.1) is 0 Å². The maximum atomic E-state index is 12.5. The van der Waals surface area contributed by atoms with Crippen molar-refractivity contribution in [3.63, 3.8) is 0 Å². The van der Waals surface area contributed by atoms with Crippen LogP contribution in [0.5, 0.6) is 0 Å². The van der Waals surface area contributed by atoms with Crippen LogP contribution in [0.1, 0.15) is 18.4 Å². The number of hydrogen-bond donors (Lipinski definition) is 0. The number of carbonyl (C=O) groups is 1. The molecule has 0 radical (unpaired) electrons. The molecule has 28 heavy (non-hydrogen) atoms. The lowest BCUT2D eigenvalue weighted by Crippen LogP contribution is -2.48. The quantitative estimate of drug-likeness (QED) is 0.742. The maximum absolute atomic E-state index is 12.5. The third-order valence-corrected chi connectivity index (χ3v) is 5.64. The Labute approximate surface area is 170 Å². The predicted octanol–water partition coefficient (Wildman–Crippen LogP) is 3.09. The normalized spacial score (nSPS) is 17.5. The molecule has 2 aliphatic rings. The van der Waals surface area contributed by atoms with Gasteiger partial charge in [0.2, 0.25) is 5.91 Å². The molecule has 0 spiro atoms. The first-order chi connectivity index (χ1) is 13.7. The fourth-order valence-electron chi connectivity index (χ4n) is 3.63. The van der Waals surface area contributed by atoms with E-state index in [0.717, 1.165) is 43.4 Å². The fourth-order valence-corrected chi connectivity index (χ4v) is 3.83. The molecular formula is C21H24ClN5O. The molecule has 2 fully saturated rings. The minimum Gasteiger partial charge on any atom is -0.355 e. The first-order valence-corrected chi connectivity index (χ1v) is 10.1. The Balaban J connectivity index is 1.31. The van der Waals surface area contributed by atoms with Crippen LogP contribution >= 0.6 is 11.6 Å². The Morgan fingerprint density at radius 3 is 2.07 bits per heavy atom. The molecule has 3 heterocycles. The van der Waals surface area contributed by atoms with E-state index in [0.29, 0.717) is 18.1 Å². The number of nitrogens with zero attached hydrogens (tertiary/aromatic N) is 5. The number of rotatable bonds is 4. The van der Waals surface area contributed by atoms with Crippen molar-refractivity contribution in [3.8, 4) is 0 Å². The Kier molecular flexibility index (Phi) is 5.76. The van der Waals surface area contributed by atoms with E-state index in [1.807, 2.05) is 35.2 Å². The highest BCUT2D eigenvalue weighted by Gasteiger charge is 2.21. The van der Waals surface area contributed by atoms with Gasteiger partial charge in [-0.2, -0.15) is 0 Å². The minimum atomic E-state index is 0.00929. The van der Waals surface area contributed by atoms with E-state index in [1.165, 1.54) is 12.8 Å². The summed E-state index contributed by atoms with van der Waals surface area (Å²) in [4.78, 5) is 18.8. The first-order valence-electron chi connectivity index (χ1n) is 9.76. The molecule has 4 rings (SSSR count). The van der Waals surface area contributed by atoms with Gasteiger partial charge in [-0.15, -0.1) is 10.2 Å². The summed E-state index contributed by atoms with van der Waals surface area (Å²) < 4.78 is 0. The first kappa shape index (κ1) is 18.7. The second-order valence-electron chi connectivity index (χ2n) is 7.11. The molecule has 2 aliphatic heterocycles. The van der Waals surface area contributed by atoms with Gasteiger partial charge in [-0.1, -0.05) is 29.8 Å². The zero-order chi connectivity index (χ0) is 19.3. The number of hydrogen-bond acceptors (Lipinski definition) is 5. The molecule has 7 heteroatoms. The van der Waals surface area contributed by atoms with Gasteiger partial charge in [0.15, 0.2) is 11.6 Å². The summed E-state index contributed by atoms with van der Waals surface area (Å²) in [5.74, 6) is 1.84. The third-order valence-electron chi connectivity index (χ3n) is 5.29. The van der Waals surface area contributed by atoms with E-state index in [2.05, 4.69) is 26.1 Å². The average Bonchev–Trinajstić information content (AvgIpc) is 3.28. The lowest BCUT2D eigenvalue weighted by atomic mass is 10.2. The van der Waals surface area contributed by atoms with Crippen LogP contribution in [0.25, 0.3) is 6.08 Å². The van der Waals surface area contributed by atoms with Crippen LogP contribution in [0.3, 0.4) is 0 Å². The number of aromatic nitrogens is 2. The summed E-state index contributed by atoms with van der Waals surface area (Å²) in [5, 5.41) is 9.44. The topological polar surface area (TPSA) is 52.6 Å². The van der Waals surface area contributed by atoms with Crippen LogP contribution in [0, 0.1) is 0 Å². The van der Waals surface area contributed by atoms with Crippen molar-refractivity contribution in [2.45, 2.75) is 12.8 Å². The molecule has 1 aromatic carbocycles. The van der Waals surface area contributed by atoms with Gasteiger partial charge in [0.1, 0.15) is 0 Å². The van der Waals surface area contributed by atoms with Gasteiger partial charge in [0.25, 0.3) is 0 Å². The minimum absolute atomic E-state index is 0.00929. The lowest BCUT2D eigenvalue weighted by molar-refractivity contribution is -0.126. The summed E-state index contributed by atoms with van der Waals surface area (Å²) >= 11 is 6.13. The van der Waals surface area contributed by atoms with E-state index >= 15 is 0 Å². The second kappa shape index (κ2) is 8.61. The number of halogens is 1. The molecule has 6 nitrogen and oxygen atoms in total. The van der Waals surface area contributed by atoms with Crippen LogP contribution in [0.2, 0.25) is 5.02 Å². The standard InChI is InChI=1S/C21H24ClN5O/c22-18-6-2-1-5-17(18)7-10-21(28)27-15-13-26(14-16-27)20-9-8-19(23-24-20)25-11-3-4-12-25/h1-2,5-10H,3-4,11-16H2/b10-7+. The molecule has 0 aliphatic carbocycles. The van der Waals surface area contributed by atoms with Crippen LogP contribution in [0.15, 0.2) is 42.5 Å². The molecule has 2 saturated heterocycles. The molecule has 146 valence electrons. The Bertz CT molecular complexity index is 840. The largest absolute Gasteiger partial charge is 0.355 e. The Morgan fingerprint density at radius 1 is 0.857 bits per heavy atom. The zero-order valence-electron chi connectivity index (χ0n) is 15.8. The number of piperazine rings is 1. The maximum Gasteiger partial charge on any atom is 0.246 e. The zero-order valence-corrected chi connectivity index (χ0v) is 16.6. The van der Waals surface area contributed by atoms with E-state index in [-0.39, 0.29) is 5.91 Å². The summed E-state index contributed by atoms with van der Waals surface area (Å²) in [7, 11) is 0. The van der Waals surface area contributed by atoms with Crippen molar-refractivity contribution in [1.29, 1.82) is 0 Å². The number of carbonyl (C=O) groups excluding carboxylic acids is 1. The monoisotopic (exact) mass is 397 g/mol. The molecule has 0 atom stereocenters. The van der Waals surface area contributed by atoms with Crippen LogP contribution < -0.4 is 9.80 Å². The highest BCUT2D eigenvalue weighted by molar-refractivity contribution is 6.32. The molecule has 1 amide bonds. The average molecular weight is 398 g/mol. The number of anilines is 2. The fraction of sp³-hybridized carbons (Fsp3) is 0.381. The Hall–Kier alpha value is -2.60. The van der Waals surface area contributed by atoms with E-state index in [4.69, 9.17) is 11.6 Å². The lowest BCUT2D eigenvalue weighted by Gasteiger charge is -2.34. The smallest absolute Gasteiger partial charge is 0.246 e. The number of benzene rings is 1. The third kappa shape index (κ3) is 4.28. The molecular weight excluding hydrogens is 374 g/mol. The summed E-state index contributed by atoms with van der Waals surface area (Å²) in [6.45, 7) is 4.97. The van der Waals surface area contributed by atoms with E-state index in [1.54, 1.807) is 12.2 Å². The highest BCUT2D eigenvalue weighted by atomic mass is 35.5. The summed E-state index contributed by atoms with van der Waals surface area (Å²) in [6, 6.07) is 11.6. The van der Waals surface area contributed by atoms with E-state index < -0.39 is 0 Å². The summed E-state index contributed by atoms with van der Waals surface area (Å²) in [6.07, 6.45) is 5.83. The SMILES string of the molecule is O=C(/C=C/c1ccccc1Cl)N1CCN(c2ccc(N3CCCC3)nn2)CC1. The van der Waals surface area contributed by atoms with Crippen LogP contribution in [-0.4, -0.2) is 60.3 Å². The van der Waals surface area contributed by atoms with Crippen molar-refractivity contribution in [1.82, 2.24) is 15.1 Å². The molecule has 0 N–H and O–H groups in total. The van der Waals surface area contributed by atoms with Gasteiger partial charge in [-0.3, -0.25) is 4.79 Å². The van der Waals surface area contributed by atoms with Crippen molar-refractivity contribution in [2.24, 2.45) is 0 Å². The van der Waals surface area contributed by atoms with Gasteiger partial charge in [-0.25, -0.2) is 0 Å². The van der Waals surface area contributed by atoms with Crippen molar-refractivity contribution < 1.29 is 4.79 Å². The highest BCUT2D eigenvalue weighted by Crippen LogP contribution is 2.20. The van der Waals surface area contributed by atoms with Crippen molar-refractivity contribution in [3.05, 3.63) is 53.1 Å². The second-order valence-corrected chi connectivity index (χ2v) is 7.52. The van der Waals surface area contributed by atoms with Crippen molar-refractivity contribution >= 4 is 35.2 Å². The van der Waals surface area contributed by atoms with Gasteiger partial charge in [-0.05, 0) is 42.7 Å². The molecule has 0 bridgehead atoms. The van der Waals surface area contributed by atoms with Crippen LogP contribution in [-0.2, 0) is 4.79 Å². The van der Waals surface area contributed by atoms with Gasteiger partial charge < -0.3 is 14.7 Å². The van der Waals surface area contributed by atoms with Crippen LogP contribution in [0.4, 0.5) is 11.6 Å². The number of amides is 1. The van der Waals surface area contributed by atoms with Crippen molar-refractivity contribution in [2.75, 3.05) is 49.1 Å². The summed E-state index contributed by atoms with van der Waals surface area (Å²) in [5.41, 5.74) is 0.851.